The number of nitrogens with zero attached hydrogens (tertiary/aromatic N) is 4. The van der Waals surface area contributed by atoms with Crippen LogP contribution in [-0.2, 0) is 0 Å². The minimum atomic E-state index is 0.678. The third-order valence-corrected chi connectivity index (χ3v) is 8.16. The van der Waals surface area contributed by atoms with Crippen LogP contribution in [-0.4, -0.2) is 19.1 Å². The fourth-order valence-electron chi connectivity index (χ4n) is 4.87. The molecular formula is C28H14N4O2S2. The number of fused-ring (bicyclic) bond motifs is 4. The molecule has 0 unspecified atom stereocenters. The van der Waals surface area contributed by atoms with Crippen LogP contribution >= 0.6 is 23.1 Å². The summed E-state index contributed by atoms with van der Waals surface area (Å²) in [7, 11) is 0. The predicted molar refractivity (Wildman–Crippen MR) is 144 cm³/mol. The normalized spacial score (nSPS) is 11.9. The molecule has 8 aromatic rings. The van der Waals surface area contributed by atoms with E-state index in [0.717, 1.165) is 54.9 Å². The maximum atomic E-state index is 6.47. The summed E-state index contributed by atoms with van der Waals surface area (Å²) in [6.45, 7) is 0. The Labute approximate surface area is 211 Å². The fourth-order valence-corrected chi connectivity index (χ4v) is 6.49. The van der Waals surface area contributed by atoms with Crippen molar-refractivity contribution in [3.05, 3.63) is 84.9 Å². The number of rotatable bonds is 3. The summed E-state index contributed by atoms with van der Waals surface area (Å²) in [5, 5.41) is 10.6. The van der Waals surface area contributed by atoms with Gasteiger partial charge in [-0.3, -0.25) is 0 Å². The van der Waals surface area contributed by atoms with Crippen molar-refractivity contribution >= 4 is 66.2 Å². The van der Waals surface area contributed by atoms with Crippen LogP contribution in [0.1, 0.15) is 0 Å². The molecule has 0 aliphatic heterocycles. The Kier molecular flexibility index (Phi) is 4.16. The number of thiophene rings is 1. The molecule has 6 nitrogen and oxygen atoms in total. The second-order valence-corrected chi connectivity index (χ2v) is 10.2. The Hall–Kier alpha value is -4.40. The van der Waals surface area contributed by atoms with Gasteiger partial charge in [0.25, 0.3) is 0 Å². The van der Waals surface area contributed by atoms with Crippen molar-refractivity contribution in [3.8, 4) is 32.9 Å². The first-order valence-corrected chi connectivity index (χ1v) is 12.9. The first-order valence-electron chi connectivity index (χ1n) is 11.3. The zero-order valence-corrected chi connectivity index (χ0v) is 20.1. The second-order valence-electron chi connectivity index (χ2n) is 8.54. The zero-order chi connectivity index (χ0) is 23.6. The highest BCUT2D eigenvalue weighted by molar-refractivity contribution is 7.22. The summed E-state index contributed by atoms with van der Waals surface area (Å²) < 4.78 is 22.2. The van der Waals surface area contributed by atoms with Gasteiger partial charge in [-0.15, -0.1) is 11.3 Å². The highest BCUT2D eigenvalue weighted by atomic mass is 32.1. The third-order valence-electron chi connectivity index (χ3n) is 6.47. The molecule has 0 atom stereocenters. The number of benzene rings is 4. The molecule has 0 saturated carbocycles. The summed E-state index contributed by atoms with van der Waals surface area (Å²) in [6.07, 6.45) is 0. The molecule has 4 aromatic carbocycles. The molecule has 36 heavy (non-hydrogen) atoms. The molecule has 0 saturated heterocycles. The molecule has 170 valence electrons. The van der Waals surface area contributed by atoms with Crippen molar-refractivity contribution in [3.63, 3.8) is 0 Å². The lowest BCUT2D eigenvalue weighted by molar-refractivity contribution is 0.315. The van der Waals surface area contributed by atoms with Gasteiger partial charge in [0.15, 0.2) is 0 Å². The first-order chi connectivity index (χ1) is 17.8. The molecule has 0 fully saturated rings. The number of hydrogen-bond donors (Lipinski definition) is 0. The monoisotopic (exact) mass is 502 g/mol. The van der Waals surface area contributed by atoms with Gasteiger partial charge in [-0.2, -0.15) is 8.75 Å². The van der Waals surface area contributed by atoms with Gasteiger partial charge in [-0.1, -0.05) is 48.5 Å². The largest absolute Gasteiger partial charge is 0.456 e. The van der Waals surface area contributed by atoms with Gasteiger partial charge in [-0.25, -0.2) is 4.63 Å². The Morgan fingerprint density at radius 2 is 1.53 bits per heavy atom. The lowest BCUT2D eigenvalue weighted by Crippen LogP contribution is -1.92. The van der Waals surface area contributed by atoms with Crippen LogP contribution in [0.3, 0.4) is 0 Å². The molecule has 8 heteroatoms. The molecule has 4 heterocycles. The van der Waals surface area contributed by atoms with Crippen LogP contribution < -0.4 is 0 Å². The predicted octanol–water partition coefficient (Wildman–Crippen LogP) is 8.19. The Bertz CT molecular complexity index is 2020. The second kappa shape index (κ2) is 7.55. The summed E-state index contributed by atoms with van der Waals surface area (Å²) in [4.78, 5) is 1.13. The zero-order valence-electron chi connectivity index (χ0n) is 18.5. The Morgan fingerprint density at radius 1 is 0.639 bits per heavy atom. The fraction of sp³-hybridized carbons (Fsp3) is 0. The van der Waals surface area contributed by atoms with Crippen LogP contribution in [0.4, 0.5) is 0 Å². The van der Waals surface area contributed by atoms with Crippen LogP contribution in [0.5, 0.6) is 0 Å². The van der Waals surface area contributed by atoms with E-state index in [9.17, 15) is 0 Å². The van der Waals surface area contributed by atoms with Crippen molar-refractivity contribution < 1.29 is 9.05 Å². The van der Waals surface area contributed by atoms with Crippen molar-refractivity contribution in [2.45, 2.75) is 0 Å². The smallest absolute Gasteiger partial charge is 0.143 e. The highest BCUT2D eigenvalue weighted by Gasteiger charge is 2.25. The van der Waals surface area contributed by atoms with E-state index in [4.69, 9.17) is 13.4 Å². The van der Waals surface area contributed by atoms with E-state index < -0.39 is 0 Å². The van der Waals surface area contributed by atoms with Crippen molar-refractivity contribution in [2.24, 2.45) is 0 Å². The minimum absolute atomic E-state index is 0.678. The number of hydrogen-bond acceptors (Lipinski definition) is 8. The van der Waals surface area contributed by atoms with Crippen molar-refractivity contribution in [1.29, 1.82) is 0 Å². The summed E-state index contributed by atoms with van der Waals surface area (Å²) in [6, 6.07) is 28.8. The summed E-state index contributed by atoms with van der Waals surface area (Å²) >= 11 is 2.95. The Morgan fingerprint density at radius 3 is 2.44 bits per heavy atom. The SMILES string of the molecule is c1ccc2oc(-c3c(-c4cc5ccccc5s4)cc4nsnc4c3-c3cccc4nonc34)cc2c1. The van der Waals surface area contributed by atoms with Gasteiger partial charge in [0.1, 0.15) is 33.4 Å². The van der Waals surface area contributed by atoms with Crippen molar-refractivity contribution in [2.75, 3.05) is 0 Å². The highest BCUT2D eigenvalue weighted by Crippen LogP contribution is 2.48. The Balaban J connectivity index is 1.55. The molecule has 8 rings (SSSR count). The molecule has 0 aliphatic carbocycles. The van der Waals surface area contributed by atoms with E-state index in [1.807, 2.05) is 36.4 Å². The lowest BCUT2D eigenvalue weighted by atomic mass is 9.90. The first kappa shape index (κ1) is 19.9. The summed E-state index contributed by atoms with van der Waals surface area (Å²) in [5.41, 5.74) is 7.61. The van der Waals surface area contributed by atoms with Gasteiger partial charge in [0.2, 0.25) is 0 Å². The van der Waals surface area contributed by atoms with E-state index in [1.165, 1.54) is 21.8 Å². The number of aromatic nitrogens is 4. The molecule has 0 amide bonds. The van der Waals surface area contributed by atoms with E-state index in [1.54, 1.807) is 11.3 Å². The third kappa shape index (κ3) is 2.89. The van der Waals surface area contributed by atoms with Gasteiger partial charge >= 0.3 is 0 Å². The lowest BCUT2D eigenvalue weighted by Gasteiger charge is -2.14. The van der Waals surface area contributed by atoms with Gasteiger partial charge in [0.05, 0.1) is 11.7 Å². The molecular weight excluding hydrogens is 488 g/mol. The average Bonchev–Trinajstić information content (AvgIpc) is 3.71. The van der Waals surface area contributed by atoms with E-state index in [0.29, 0.717) is 11.0 Å². The topological polar surface area (TPSA) is 77.8 Å². The molecule has 0 N–H and O–H groups in total. The standard InChI is InChI=1S/C28H14N4O2S2/c1-3-10-21-15(6-1)12-22(33-21)25-18(24-13-16-7-2-4-11-23(16)35-24)14-20-28(32-36-31-20)26(25)17-8-5-9-19-27(17)30-34-29-19/h1-14H. The molecule has 4 aromatic heterocycles. The average molecular weight is 503 g/mol. The number of para-hydroxylation sites is 1. The van der Waals surface area contributed by atoms with Gasteiger partial charge in [-0.05, 0) is 52.1 Å². The van der Waals surface area contributed by atoms with Crippen LogP contribution in [0.25, 0.3) is 76.0 Å². The molecule has 0 radical (unpaired) electrons. The van der Waals surface area contributed by atoms with Crippen LogP contribution in [0.2, 0.25) is 0 Å². The summed E-state index contributed by atoms with van der Waals surface area (Å²) in [5.74, 6) is 0.766. The molecule has 0 bridgehead atoms. The maximum absolute atomic E-state index is 6.47. The van der Waals surface area contributed by atoms with E-state index >= 15 is 0 Å². The van der Waals surface area contributed by atoms with E-state index in [-0.39, 0.29) is 0 Å². The van der Waals surface area contributed by atoms with Crippen molar-refractivity contribution in [1.82, 2.24) is 19.1 Å². The van der Waals surface area contributed by atoms with Crippen LogP contribution in [0.15, 0.2) is 94.0 Å². The minimum Gasteiger partial charge on any atom is -0.456 e. The quantitative estimate of drug-likeness (QED) is 0.242. The van der Waals surface area contributed by atoms with Crippen LogP contribution in [0, 0.1) is 0 Å². The number of furan rings is 1. The van der Waals surface area contributed by atoms with E-state index in [2.05, 4.69) is 63.2 Å². The molecule has 0 aliphatic rings. The molecule has 0 spiro atoms. The van der Waals surface area contributed by atoms with Gasteiger partial charge < -0.3 is 4.42 Å². The maximum Gasteiger partial charge on any atom is 0.143 e. The van der Waals surface area contributed by atoms with Gasteiger partial charge in [0, 0.05) is 37.2 Å².